The molecule has 1 atom stereocenters. The molecule has 0 saturated heterocycles. The fraction of sp³-hybridized carbons (Fsp3) is 0.375. The summed E-state index contributed by atoms with van der Waals surface area (Å²) in [7, 11) is 0. The second kappa shape index (κ2) is 2.29. The minimum Gasteiger partial charge on any atom is -0.486 e. The zero-order chi connectivity index (χ0) is 6.81. The predicted molar refractivity (Wildman–Crippen MR) is 39.8 cm³/mol. The molecule has 0 spiro atoms. The Balaban J connectivity index is 2.26. The Labute approximate surface area is 59.9 Å². The maximum Gasteiger partial charge on any atom is 0.154 e. The summed E-state index contributed by atoms with van der Waals surface area (Å²) in [5.74, 6) is 0. The quantitative estimate of drug-likeness (QED) is 0.463. The molecule has 10 heavy (non-hydrogen) atoms. The fourth-order valence-corrected chi connectivity index (χ4v) is 1.21. The number of nitrogens with zero attached hydrogens (tertiary/aromatic N) is 1. The first-order chi connectivity index (χ1) is 4.97. The lowest BCUT2D eigenvalue weighted by Crippen LogP contribution is -2.24. The highest BCUT2D eigenvalue weighted by molar-refractivity contribution is 5.92. The van der Waals surface area contributed by atoms with E-state index in [4.69, 9.17) is 4.74 Å². The maximum absolute atomic E-state index is 5.28. The minimum absolute atomic E-state index is 0.138. The van der Waals surface area contributed by atoms with E-state index in [2.05, 4.69) is 17.1 Å². The van der Waals surface area contributed by atoms with Gasteiger partial charge < -0.3 is 4.74 Å². The van der Waals surface area contributed by atoms with Gasteiger partial charge in [0.15, 0.2) is 6.10 Å². The molecule has 1 unspecified atom stereocenters. The standard InChI is InChI=1S/C8H9NO/c1-2-4-8-7(3-1)9-5-6-10-8/h2,4-6,8H,1,3H2. The highest BCUT2D eigenvalue weighted by atomic mass is 16.5. The van der Waals surface area contributed by atoms with Crippen LogP contribution >= 0.6 is 0 Å². The van der Waals surface area contributed by atoms with Gasteiger partial charge in [0.25, 0.3) is 0 Å². The van der Waals surface area contributed by atoms with Gasteiger partial charge in [0.1, 0.15) is 6.26 Å². The summed E-state index contributed by atoms with van der Waals surface area (Å²) < 4.78 is 5.28. The Hall–Kier alpha value is -1.05. The fourth-order valence-electron chi connectivity index (χ4n) is 1.21. The number of allylic oxidation sites excluding steroid dienone is 1. The molecule has 52 valence electrons. The van der Waals surface area contributed by atoms with E-state index < -0.39 is 0 Å². The van der Waals surface area contributed by atoms with Crippen LogP contribution in [0.1, 0.15) is 12.8 Å². The summed E-state index contributed by atoms with van der Waals surface area (Å²) in [5, 5.41) is 0. The molecule has 2 nitrogen and oxygen atoms in total. The van der Waals surface area contributed by atoms with Crippen molar-refractivity contribution < 1.29 is 4.74 Å². The first-order valence-electron chi connectivity index (χ1n) is 3.50. The lowest BCUT2D eigenvalue weighted by Gasteiger charge is -2.20. The van der Waals surface area contributed by atoms with Gasteiger partial charge >= 0.3 is 0 Å². The zero-order valence-electron chi connectivity index (χ0n) is 5.66. The SMILES string of the molecule is C1=CC2OC=CN=C2CC1. The Morgan fingerprint density at radius 3 is 3.50 bits per heavy atom. The molecule has 0 fully saturated rings. The van der Waals surface area contributed by atoms with Gasteiger partial charge in [-0.1, -0.05) is 6.08 Å². The van der Waals surface area contributed by atoms with Gasteiger partial charge in [0, 0.05) is 0 Å². The monoisotopic (exact) mass is 135 g/mol. The summed E-state index contributed by atoms with van der Waals surface area (Å²) in [4.78, 5) is 4.21. The van der Waals surface area contributed by atoms with Crippen LogP contribution in [0.15, 0.2) is 29.6 Å². The number of aliphatic imine (C=N–C) groups is 1. The lowest BCUT2D eigenvalue weighted by molar-refractivity contribution is 0.233. The molecule has 0 N–H and O–H groups in total. The van der Waals surface area contributed by atoms with Crippen LogP contribution in [0.2, 0.25) is 0 Å². The highest BCUT2D eigenvalue weighted by Gasteiger charge is 2.17. The average Bonchev–Trinajstić information content (AvgIpc) is 2.05. The van der Waals surface area contributed by atoms with Crippen molar-refractivity contribution in [1.82, 2.24) is 0 Å². The van der Waals surface area contributed by atoms with E-state index in [-0.39, 0.29) is 6.10 Å². The Morgan fingerprint density at radius 1 is 1.60 bits per heavy atom. The Kier molecular flexibility index (Phi) is 1.31. The molecule has 0 saturated carbocycles. The van der Waals surface area contributed by atoms with Gasteiger partial charge in [0.2, 0.25) is 0 Å². The topological polar surface area (TPSA) is 21.6 Å². The third-order valence-electron chi connectivity index (χ3n) is 1.73. The largest absolute Gasteiger partial charge is 0.486 e. The first-order valence-corrected chi connectivity index (χ1v) is 3.50. The number of rotatable bonds is 0. The van der Waals surface area contributed by atoms with Crippen molar-refractivity contribution in [3.63, 3.8) is 0 Å². The van der Waals surface area contributed by atoms with Gasteiger partial charge in [-0.25, -0.2) is 0 Å². The smallest absolute Gasteiger partial charge is 0.154 e. The van der Waals surface area contributed by atoms with Crippen molar-refractivity contribution >= 4 is 5.71 Å². The van der Waals surface area contributed by atoms with Crippen molar-refractivity contribution in [1.29, 1.82) is 0 Å². The highest BCUT2D eigenvalue weighted by Crippen LogP contribution is 2.14. The first kappa shape index (κ1) is 5.71. The van der Waals surface area contributed by atoms with Gasteiger partial charge in [0.05, 0.1) is 11.9 Å². The van der Waals surface area contributed by atoms with E-state index in [9.17, 15) is 0 Å². The van der Waals surface area contributed by atoms with Gasteiger partial charge in [-0.05, 0) is 18.9 Å². The van der Waals surface area contributed by atoms with Crippen LogP contribution in [0.5, 0.6) is 0 Å². The normalized spacial score (nSPS) is 28.8. The summed E-state index contributed by atoms with van der Waals surface area (Å²) in [5.41, 5.74) is 1.16. The summed E-state index contributed by atoms with van der Waals surface area (Å²) in [6, 6.07) is 0. The molecule has 1 aliphatic heterocycles. The number of fused-ring (bicyclic) bond motifs is 1. The molecule has 0 amide bonds. The van der Waals surface area contributed by atoms with Crippen LogP contribution < -0.4 is 0 Å². The predicted octanol–water partition coefficient (Wildman–Crippen LogP) is 1.65. The van der Waals surface area contributed by atoms with Crippen LogP contribution in [0.4, 0.5) is 0 Å². The van der Waals surface area contributed by atoms with E-state index in [1.807, 2.05) is 0 Å². The maximum atomic E-state index is 5.28. The number of ether oxygens (including phenoxy) is 1. The molecule has 2 rings (SSSR count). The third-order valence-corrected chi connectivity index (χ3v) is 1.73. The van der Waals surface area contributed by atoms with E-state index in [1.54, 1.807) is 12.5 Å². The van der Waals surface area contributed by atoms with Gasteiger partial charge in [-0.3, -0.25) is 4.99 Å². The Morgan fingerprint density at radius 2 is 2.60 bits per heavy atom. The van der Waals surface area contributed by atoms with Crippen molar-refractivity contribution in [2.45, 2.75) is 18.9 Å². The second-order valence-electron chi connectivity index (χ2n) is 2.43. The molecule has 0 aromatic carbocycles. The molecule has 1 heterocycles. The summed E-state index contributed by atoms with van der Waals surface area (Å²) >= 11 is 0. The molecule has 0 radical (unpaired) electrons. The van der Waals surface area contributed by atoms with Crippen molar-refractivity contribution in [2.24, 2.45) is 4.99 Å². The molecule has 2 heteroatoms. The average molecular weight is 135 g/mol. The Bertz CT molecular complexity index is 215. The minimum atomic E-state index is 0.138. The molecule has 0 aromatic rings. The van der Waals surface area contributed by atoms with Crippen LogP contribution in [0.25, 0.3) is 0 Å². The molecule has 0 bridgehead atoms. The summed E-state index contributed by atoms with van der Waals surface area (Å²) in [6.45, 7) is 0. The molecule has 0 aromatic heterocycles. The van der Waals surface area contributed by atoms with Crippen molar-refractivity contribution in [2.75, 3.05) is 0 Å². The van der Waals surface area contributed by atoms with Crippen LogP contribution in [0, 0.1) is 0 Å². The lowest BCUT2D eigenvalue weighted by atomic mass is 10.0. The molecular weight excluding hydrogens is 126 g/mol. The van der Waals surface area contributed by atoms with Crippen molar-refractivity contribution in [3.05, 3.63) is 24.6 Å². The number of hydrogen-bond acceptors (Lipinski definition) is 2. The van der Waals surface area contributed by atoms with E-state index >= 15 is 0 Å². The van der Waals surface area contributed by atoms with Crippen LogP contribution in [-0.2, 0) is 4.74 Å². The summed E-state index contributed by atoms with van der Waals surface area (Å²) in [6.07, 6.45) is 9.85. The molecule has 1 aliphatic carbocycles. The van der Waals surface area contributed by atoms with E-state index in [0.29, 0.717) is 0 Å². The van der Waals surface area contributed by atoms with E-state index in [1.165, 1.54) is 0 Å². The van der Waals surface area contributed by atoms with Crippen LogP contribution in [0.3, 0.4) is 0 Å². The van der Waals surface area contributed by atoms with E-state index in [0.717, 1.165) is 18.6 Å². The molecular formula is C8H9NO. The van der Waals surface area contributed by atoms with Crippen LogP contribution in [-0.4, -0.2) is 11.8 Å². The van der Waals surface area contributed by atoms with Gasteiger partial charge in [-0.2, -0.15) is 0 Å². The van der Waals surface area contributed by atoms with Gasteiger partial charge in [-0.15, -0.1) is 0 Å². The zero-order valence-corrected chi connectivity index (χ0v) is 5.66. The number of hydrogen-bond donors (Lipinski definition) is 0. The third kappa shape index (κ3) is 0.856. The second-order valence-corrected chi connectivity index (χ2v) is 2.43. The molecule has 2 aliphatic rings. The van der Waals surface area contributed by atoms with Crippen molar-refractivity contribution in [3.8, 4) is 0 Å².